The first-order chi connectivity index (χ1) is 14.0. The molecule has 0 aliphatic carbocycles. The molecule has 0 radical (unpaired) electrons. The van der Waals surface area contributed by atoms with Gasteiger partial charge in [0.2, 0.25) is 5.95 Å². The highest BCUT2D eigenvalue weighted by atomic mass is 32.2. The maximum Gasteiger partial charge on any atom is 0.433 e. The number of halogens is 3. The average molecular weight is 441 g/mol. The molecule has 4 rings (SSSR count). The Bertz CT molecular complexity index is 1270. The number of fused-ring (bicyclic) bond motifs is 3. The topological polar surface area (TPSA) is 118 Å². The van der Waals surface area contributed by atoms with Crippen molar-refractivity contribution < 1.29 is 31.5 Å². The van der Waals surface area contributed by atoms with Gasteiger partial charge in [-0.2, -0.15) is 13.2 Å². The summed E-state index contributed by atoms with van der Waals surface area (Å²) in [4.78, 5) is 24.0. The molecule has 0 bridgehead atoms. The van der Waals surface area contributed by atoms with E-state index < -0.39 is 33.1 Å². The minimum absolute atomic E-state index is 0.0121. The van der Waals surface area contributed by atoms with Crippen LogP contribution in [0.3, 0.4) is 0 Å². The lowest BCUT2D eigenvalue weighted by Gasteiger charge is -2.34. The number of hydrogen-bond acceptors (Lipinski definition) is 7. The third-order valence-corrected chi connectivity index (χ3v) is 5.97. The lowest BCUT2D eigenvalue weighted by Crippen LogP contribution is -2.43. The first-order valence-corrected chi connectivity index (χ1v) is 10.5. The molecule has 1 aliphatic rings. The zero-order valence-electron chi connectivity index (χ0n) is 15.3. The van der Waals surface area contributed by atoms with E-state index in [0.717, 1.165) is 17.4 Å². The third kappa shape index (κ3) is 3.34. The summed E-state index contributed by atoms with van der Waals surface area (Å²) in [5.41, 5.74) is -0.421. The van der Waals surface area contributed by atoms with Crippen LogP contribution in [0.1, 0.15) is 27.3 Å². The Morgan fingerprint density at radius 1 is 1.20 bits per heavy atom. The summed E-state index contributed by atoms with van der Waals surface area (Å²) < 4.78 is 66.0. The van der Waals surface area contributed by atoms with E-state index in [4.69, 9.17) is 5.11 Å². The first kappa shape index (κ1) is 20.1. The van der Waals surface area contributed by atoms with Gasteiger partial charge in [-0.25, -0.2) is 28.2 Å². The van der Waals surface area contributed by atoms with E-state index >= 15 is 0 Å². The number of rotatable bonds is 3. The maximum atomic E-state index is 13.1. The minimum Gasteiger partial charge on any atom is -0.478 e. The predicted octanol–water partition coefficient (Wildman–Crippen LogP) is 2.11. The Hall–Kier alpha value is -3.22. The second-order valence-electron chi connectivity index (χ2n) is 6.75. The van der Waals surface area contributed by atoms with Gasteiger partial charge in [-0.05, 0) is 24.3 Å². The fourth-order valence-electron chi connectivity index (χ4n) is 3.44. The van der Waals surface area contributed by atoms with Gasteiger partial charge >= 0.3 is 12.1 Å². The summed E-state index contributed by atoms with van der Waals surface area (Å²) in [5, 5.41) is 7.73. The zero-order valence-corrected chi connectivity index (χ0v) is 16.1. The van der Waals surface area contributed by atoms with E-state index in [1.54, 1.807) is 4.57 Å². The molecule has 2 aromatic heterocycles. The van der Waals surface area contributed by atoms with Gasteiger partial charge in [0, 0.05) is 25.5 Å². The van der Waals surface area contributed by atoms with Crippen LogP contribution in [0.15, 0.2) is 30.5 Å². The fourth-order valence-corrected chi connectivity index (χ4v) is 4.67. The summed E-state index contributed by atoms with van der Waals surface area (Å²) in [5.74, 6) is -1.49. The molecule has 0 saturated heterocycles. The smallest absolute Gasteiger partial charge is 0.433 e. The molecule has 0 spiro atoms. The van der Waals surface area contributed by atoms with Gasteiger partial charge in [0.15, 0.2) is 15.2 Å². The van der Waals surface area contributed by atoms with Gasteiger partial charge in [0.25, 0.3) is 0 Å². The van der Waals surface area contributed by atoms with Gasteiger partial charge < -0.3 is 14.6 Å². The van der Waals surface area contributed by atoms with Crippen LogP contribution in [-0.2, 0) is 22.6 Å². The van der Waals surface area contributed by atoms with Crippen molar-refractivity contribution in [1.82, 2.24) is 19.5 Å². The number of anilines is 1. The summed E-state index contributed by atoms with van der Waals surface area (Å²) in [6.07, 6.45) is -2.86. The fraction of sp³-hybridized carbons (Fsp3) is 0.294. The average Bonchev–Trinajstić information content (AvgIpc) is 3.03. The minimum atomic E-state index is -4.71. The summed E-state index contributed by atoms with van der Waals surface area (Å²) in [7, 11) is -3.89. The molecule has 9 nitrogen and oxygen atoms in total. The van der Waals surface area contributed by atoms with E-state index in [2.05, 4.69) is 15.0 Å². The Morgan fingerprint density at radius 2 is 1.93 bits per heavy atom. The number of alkyl halides is 3. The van der Waals surface area contributed by atoms with Crippen molar-refractivity contribution >= 4 is 32.8 Å². The normalized spacial score (nSPS) is 17.2. The molecular weight excluding hydrogens is 427 g/mol. The van der Waals surface area contributed by atoms with Crippen molar-refractivity contribution in [1.29, 1.82) is 0 Å². The molecule has 1 N–H and O–H groups in total. The molecule has 0 saturated carbocycles. The van der Waals surface area contributed by atoms with Gasteiger partial charge in [-0.3, -0.25) is 0 Å². The number of aromatic nitrogens is 4. The number of benzene rings is 1. The third-order valence-electron chi connectivity index (χ3n) is 4.69. The number of imidazole rings is 1. The first-order valence-electron chi connectivity index (χ1n) is 8.56. The van der Waals surface area contributed by atoms with Crippen LogP contribution in [0, 0.1) is 0 Å². The van der Waals surface area contributed by atoms with Crippen LogP contribution in [0.5, 0.6) is 0 Å². The van der Waals surface area contributed by atoms with Crippen LogP contribution in [0.25, 0.3) is 11.0 Å². The largest absolute Gasteiger partial charge is 0.478 e. The van der Waals surface area contributed by atoms with Crippen molar-refractivity contribution in [3.63, 3.8) is 0 Å². The molecule has 1 atom stereocenters. The lowest BCUT2D eigenvalue weighted by atomic mass is 10.2. The Balaban J connectivity index is 1.88. The SMILES string of the molecule is CS(=O)(=O)C1c2nc3cc(C(=O)O)ccc3n2CCN1c1nccc(C(F)(F)F)n1. The standard InChI is InChI=1S/C17H14F3N5O4S/c1-30(28,29)14-13-22-10-8-9(15(26)27)2-3-11(10)24(13)6-7-25(14)16-21-5-4-12(23-16)17(18,19)20/h2-5,8,14H,6-7H2,1H3,(H,26,27). The second kappa shape index (κ2) is 6.65. The van der Waals surface area contributed by atoms with E-state index in [0.29, 0.717) is 11.6 Å². The number of hydrogen-bond donors (Lipinski definition) is 1. The van der Waals surface area contributed by atoms with Gasteiger partial charge in [-0.15, -0.1) is 0 Å². The second-order valence-corrected chi connectivity index (χ2v) is 8.85. The number of sulfone groups is 1. The number of carboxylic acid groups (broad SMARTS) is 1. The Labute approximate surface area is 167 Å². The van der Waals surface area contributed by atoms with Gasteiger partial charge in [-0.1, -0.05) is 0 Å². The molecule has 3 aromatic rings. The molecule has 1 aliphatic heterocycles. The van der Waals surface area contributed by atoms with Crippen molar-refractivity contribution in [2.75, 3.05) is 17.7 Å². The number of nitrogens with zero attached hydrogens (tertiary/aromatic N) is 5. The maximum absolute atomic E-state index is 13.1. The quantitative estimate of drug-likeness (QED) is 0.657. The molecule has 13 heteroatoms. The van der Waals surface area contributed by atoms with Crippen molar-refractivity contribution in [2.24, 2.45) is 0 Å². The Morgan fingerprint density at radius 3 is 2.57 bits per heavy atom. The van der Waals surface area contributed by atoms with Crippen LogP contribution in [0.4, 0.5) is 19.1 Å². The number of carbonyl (C=O) groups is 1. The van der Waals surface area contributed by atoms with Crippen molar-refractivity contribution in [3.05, 3.63) is 47.5 Å². The van der Waals surface area contributed by atoms with Crippen LogP contribution < -0.4 is 4.90 Å². The molecule has 1 aromatic carbocycles. The predicted molar refractivity (Wildman–Crippen MR) is 98.7 cm³/mol. The molecule has 0 fully saturated rings. The molecule has 158 valence electrons. The van der Waals surface area contributed by atoms with E-state index in [9.17, 15) is 26.4 Å². The summed E-state index contributed by atoms with van der Waals surface area (Å²) >= 11 is 0. The van der Waals surface area contributed by atoms with E-state index in [1.807, 2.05) is 0 Å². The number of aromatic carboxylic acids is 1. The zero-order chi connectivity index (χ0) is 21.8. The highest BCUT2D eigenvalue weighted by molar-refractivity contribution is 7.91. The molecule has 0 amide bonds. The summed E-state index contributed by atoms with van der Waals surface area (Å²) in [6, 6.07) is 4.90. The molecular formula is C17H14F3N5O4S. The Kier molecular flexibility index (Phi) is 4.45. The van der Waals surface area contributed by atoms with Crippen molar-refractivity contribution in [2.45, 2.75) is 18.1 Å². The lowest BCUT2D eigenvalue weighted by molar-refractivity contribution is -0.141. The number of carboxylic acids is 1. The van der Waals surface area contributed by atoms with E-state index in [-0.39, 0.29) is 35.9 Å². The van der Waals surface area contributed by atoms with Crippen LogP contribution in [0.2, 0.25) is 0 Å². The van der Waals surface area contributed by atoms with Gasteiger partial charge in [0.05, 0.1) is 16.6 Å². The molecule has 30 heavy (non-hydrogen) atoms. The van der Waals surface area contributed by atoms with Crippen molar-refractivity contribution in [3.8, 4) is 0 Å². The highest BCUT2D eigenvalue weighted by Crippen LogP contribution is 2.36. The summed E-state index contributed by atoms with van der Waals surface area (Å²) in [6.45, 7) is 0.210. The van der Waals surface area contributed by atoms with Crippen LogP contribution in [-0.4, -0.2) is 51.8 Å². The highest BCUT2D eigenvalue weighted by Gasteiger charge is 2.40. The molecule has 1 unspecified atom stereocenters. The monoisotopic (exact) mass is 441 g/mol. The van der Waals surface area contributed by atoms with Crippen LogP contribution >= 0.6 is 0 Å². The van der Waals surface area contributed by atoms with Gasteiger partial charge in [0.1, 0.15) is 11.5 Å². The van der Waals surface area contributed by atoms with E-state index in [1.165, 1.54) is 18.2 Å². The molecule has 3 heterocycles.